The van der Waals surface area contributed by atoms with Crippen LogP contribution in [0.4, 0.5) is 8.78 Å². The number of primary amides is 1. The maximum Gasteiger partial charge on any atom is 0.253 e. The molecule has 190 valence electrons. The van der Waals surface area contributed by atoms with Crippen LogP contribution in [0.1, 0.15) is 32.8 Å². The van der Waals surface area contributed by atoms with Crippen molar-refractivity contribution in [2.75, 3.05) is 6.54 Å². The van der Waals surface area contributed by atoms with Crippen molar-refractivity contribution in [3.63, 3.8) is 0 Å². The monoisotopic (exact) mass is 543 g/mol. The minimum absolute atomic E-state index is 0.0770. The topological polar surface area (TPSA) is 105 Å². The number of hydrogen-bond donors (Lipinski definition) is 3. The van der Waals surface area contributed by atoms with Crippen LogP contribution in [0.5, 0.6) is 0 Å². The van der Waals surface area contributed by atoms with Gasteiger partial charge in [-0.15, -0.1) is 0 Å². The van der Waals surface area contributed by atoms with Gasteiger partial charge in [0.05, 0.1) is 16.8 Å². The van der Waals surface area contributed by atoms with Crippen LogP contribution in [-0.4, -0.2) is 29.1 Å². The largest absolute Gasteiger partial charge is 0.370 e. The lowest BCUT2D eigenvalue weighted by Gasteiger charge is -2.11. The van der Waals surface area contributed by atoms with E-state index in [1.54, 1.807) is 18.2 Å². The summed E-state index contributed by atoms with van der Waals surface area (Å²) in [6.45, 7) is -0.0770. The summed E-state index contributed by atoms with van der Waals surface area (Å²) >= 11 is 11.2. The summed E-state index contributed by atoms with van der Waals surface area (Å²) in [4.78, 5) is 39.1. The van der Waals surface area contributed by atoms with E-state index in [1.807, 2.05) is 30.3 Å². The smallest absolute Gasteiger partial charge is 0.253 e. The normalized spacial score (nSPS) is 10.3. The quantitative estimate of drug-likeness (QED) is 0.257. The molecule has 0 aliphatic heterocycles. The van der Waals surface area contributed by atoms with Gasteiger partial charge < -0.3 is 16.0 Å². The average Bonchev–Trinajstić information content (AvgIpc) is 3.29. The zero-order chi connectivity index (χ0) is 26.9. The molecular formula is C27H21Cl2F2N3O3. The number of halogens is 4. The Balaban J connectivity index is 0.000000468. The second-order valence-corrected chi connectivity index (χ2v) is 8.53. The van der Waals surface area contributed by atoms with E-state index < -0.39 is 34.8 Å². The molecule has 4 rings (SSSR count). The van der Waals surface area contributed by atoms with E-state index in [1.165, 1.54) is 18.3 Å². The summed E-state index contributed by atoms with van der Waals surface area (Å²) in [5.74, 6) is -3.99. The number of rotatable bonds is 7. The SMILES string of the molecule is Clc1ccccc1.NC(=O)CCNC(=O)c1c[nH]c(C(=O)c2ccccc2)c1-c1c(F)cc(Cl)cc1F. The first-order valence-electron chi connectivity index (χ1n) is 10.9. The van der Waals surface area contributed by atoms with Gasteiger partial charge in [-0.3, -0.25) is 14.4 Å². The highest BCUT2D eigenvalue weighted by atomic mass is 35.5. The summed E-state index contributed by atoms with van der Waals surface area (Å²) in [6, 6.07) is 19.3. The third-order valence-electron chi connectivity index (χ3n) is 5.03. The second-order valence-electron chi connectivity index (χ2n) is 7.66. The van der Waals surface area contributed by atoms with Crippen molar-refractivity contribution in [1.29, 1.82) is 0 Å². The molecule has 0 aliphatic carbocycles. The average molecular weight is 544 g/mol. The zero-order valence-electron chi connectivity index (χ0n) is 19.2. The van der Waals surface area contributed by atoms with E-state index in [0.717, 1.165) is 17.2 Å². The van der Waals surface area contributed by atoms with Gasteiger partial charge in [-0.2, -0.15) is 0 Å². The van der Waals surface area contributed by atoms with Gasteiger partial charge in [0.25, 0.3) is 5.91 Å². The number of aromatic nitrogens is 1. The predicted octanol–water partition coefficient (Wildman–Crippen LogP) is 5.79. The third kappa shape index (κ3) is 7.25. The van der Waals surface area contributed by atoms with Crippen LogP contribution in [-0.2, 0) is 4.79 Å². The lowest BCUT2D eigenvalue weighted by molar-refractivity contribution is -0.117. The van der Waals surface area contributed by atoms with Gasteiger partial charge in [0.1, 0.15) is 11.6 Å². The Morgan fingerprint density at radius 3 is 1.92 bits per heavy atom. The van der Waals surface area contributed by atoms with Crippen LogP contribution in [0.25, 0.3) is 11.1 Å². The first-order valence-corrected chi connectivity index (χ1v) is 11.7. The molecular weight excluding hydrogens is 523 g/mol. The predicted molar refractivity (Wildman–Crippen MR) is 139 cm³/mol. The molecule has 0 saturated heterocycles. The minimum Gasteiger partial charge on any atom is -0.370 e. The third-order valence-corrected chi connectivity index (χ3v) is 5.50. The number of nitrogens with two attached hydrogens (primary N) is 1. The van der Waals surface area contributed by atoms with Gasteiger partial charge in [-0.05, 0) is 24.3 Å². The highest BCUT2D eigenvalue weighted by Gasteiger charge is 2.28. The van der Waals surface area contributed by atoms with Crippen LogP contribution in [0.3, 0.4) is 0 Å². The van der Waals surface area contributed by atoms with Gasteiger partial charge in [-0.1, -0.05) is 71.7 Å². The number of carbonyl (C=O) groups is 3. The van der Waals surface area contributed by atoms with Crippen LogP contribution in [0, 0.1) is 11.6 Å². The Kier molecular flexibility index (Phi) is 9.54. The van der Waals surface area contributed by atoms with E-state index in [4.69, 9.17) is 28.9 Å². The standard InChI is InChI=1S/C21H16ClF2N3O3.C6H5Cl/c22-12-8-14(23)18(15(24)9-12)17-13(21(30)26-7-6-16(25)28)10-27-19(17)20(29)11-4-2-1-3-5-11;7-6-4-2-1-3-5-6/h1-5,8-10,27H,6-7H2,(H2,25,28)(H,26,30);1-5H. The van der Waals surface area contributed by atoms with Gasteiger partial charge in [-0.25, -0.2) is 8.78 Å². The van der Waals surface area contributed by atoms with E-state index in [2.05, 4.69) is 10.3 Å². The molecule has 4 aromatic rings. The van der Waals surface area contributed by atoms with E-state index >= 15 is 0 Å². The summed E-state index contributed by atoms with van der Waals surface area (Å²) in [7, 11) is 0. The highest BCUT2D eigenvalue weighted by molar-refractivity contribution is 6.31. The van der Waals surface area contributed by atoms with Gasteiger partial charge in [0.15, 0.2) is 0 Å². The van der Waals surface area contributed by atoms with Gasteiger partial charge >= 0.3 is 0 Å². The number of H-pyrrole nitrogens is 1. The fourth-order valence-corrected chi connectivity index (χ4v) is 3.70. The van der Waals surface area contributed by atoms with Crippen molar-refractivity contribution in [3.8, 4) is 11.1 Å². The Labute approximate surface area is 221 Å². The molecule has 0 unspecified atom stereocenters. The summed E-state index contributed by atoms with van der Waals surface area (Å²) in [5.41, 5.74) is 4.16. The Bertz CT molecular complexity index is 1390. The lowest BCUT2D eigenvalue weighted by Crippen LogP contribution is -2.28. The van der Waals surface area contributed by atoms with Crippen molar-refractivity contribution in [3.05, 3.63) is 117 Å². The Morgan fingerprint density at radius 2 is 1.41 bits per heavy atom. The number of amides is 2. The fourth-order valence-electron chi connectivity index (χ4n) is 3.37. The molecule has 10 heteroatoms. The summed E-state index contributed by atoms with van der Waals surface area (Å²) < 4.78 is 29.4. The number of benzene rings is 3. The molecule has 0 aliphatic rings. The molecule has 1 aromatic heterocycles. The molecule has 6 nitrogen and oxygen atoms in total. The summed E-state index contributed by atoms with van der Waals surface area (Å²) in [6.07, 6.45) is 1.06. The molecule has 0 saturated carbocycles. The van der Waals surface area contributed by atoms with Crippen LogP contribution >= 0.6 is 23.2 Å². The van der Waals surface area contributed by atoms with E-state index in [9.17, 15) is 23.2 Å². The molecule has 0 spiro atoms. The Morgan fingerprint density at radius 1 is 0.838 bits per heavy atom. The molecule has 0 radical (unpaired) electrons. The maximum absolute atomic E-state index is 14.7. The van der Waals surface area contributed by atoms with Crippen molar-refractivity contribution < 1.29 is 23.2 Å². The molecule has 1 heterocycles. The number of nitrogens with one attached hydrogen (secondary N) is 2. The second kappa shape index (κ2) is 12.8. The number of hydrogen-bond acceptors (Lipinski definition) is 3. The van der Waals surface area contributed by atoms with Crippen LogP contribution in [0.15, 0.2) is 79.0 Å². The van der Waals surface area contributed by atoms with Crippen molar-refractivity contribution in [2.45, 2.75) is 6.42 Å². The molecule has 0 bridgehead atoms. The highest BCUT2D eigenvalue weighted by Crippen LogP contribution is 2.35. The van der Waals surface area contributed by atoms with Crippen LogP contribution < -0.4 is 11.1 Å². The van der Waals surface area contributed by atoms with E-state index in [0.29, 0.717) is 0 Å². The molecule has 0 atom stereocenters. The number of carbonyl (C=O) groups excluding carboxylic acids is 3. The van der Waals surface area contributed by atoms with E-state index in [-0.39, 0.29) is 40.4 Å². The zero-order valence-corrected chi connectivity index (χ0v) is 20.7. The van der Waals surface area contributed by atoms with Crippen molar-refractivity contribution >= 4 is 40.8 Å². The molecule has 37 heavy (non-hydrogen) atoms. The van der Waals surface area contributed by atoms with Gasteiger partial charge in [0.2, 0.25) is 11.7 Å². The first kappa shape index (κ1) is 27.6. The van der Waals surface area contributed by atoms with Gasteiger partial charge in [0, 0.05) is 40.3 Å². The number of ketones is 1. The molecule has 3 aromatic carbocycles. The molecule has 0 fully saturated rings. The number of aromatic amines is 1. The summed E-state index contributed by atoms with van der Waals surface area (Å²) in [5, 5.41) is 3.06. The first-order chi connectivity index (χ1) is 17.7. The Hall–Kier alpha value is -4.01. The fraction of sp³-hybridized carbons (Fsp3) is 0.0741. The maximum atomic E-state index is 14.7. The van der Waals surface area contributed by atoms with Crippen molar-refractivity contribution in [2.24, 2.45) is 5.73 Å². The molecule has 2 amide bonds. The van der Waals surface area contributed by atoms with Crippen LogP contribution in [0.2, 0.25) is 10.0 Å². The van der Waals surface area contributed by atoms with Crippen molar-refractivity contribution in [1.82, 2.24) is 10.3 Å². The minimum atomic E-state index is -1.03. The molecule has 4 N–H and O–H groups in total. The lowest BCUT2D eigenvalue weighted by atomic mass is 9.96.